The predicted octanol–water partition coefficient (Wildman–Crippen LogP) is 3.51. The number of carbonyl (C=O) groups is 1. The lowest BCUT2D eigenvalue weighted by molar-refractivity contribution is 0.0697. The highest BCUT2D eigenvalue weighted by atomic mass is 16.4. The highest BCUT2D eigenvalue weighted by molar-refractivity contribution is 5.87. The molecular weight excluding hydrogens is 316 g/mol. The summed E-state index contributed by atoms with van der Waals surface area (Å²) in [5, 5.41) is 19.3. The maximum atomic E-state index is 10.8. The molecule has 0 amide bonds. The fourth-order valence-electron chi connectivity index (χ4n) is 2.84. The van der Waals surface area contributed by atoms with Gasteiger partial charge in [0, 0.05) is 19.6 Å². The normalized spacial score (nSPS) is 15.6. The molecule has 0 bridgehead atoms. The summed E-state index contributed by atoms with van der Waals surface area (Å²) >= 11 is 0. The van der Waals surface area contributed by atoms with Crippen molar-refractivity contribution in [3.8, 4) is 0 Å². The van der Waals surface area contributed by atoms with Gasteiger partial charge < -0.3 is 5.11 Å². The average molecular weight is 338 g/mol. The van der Waals surface area contributed by atoms with Gasteiger partial charge in [-0.3, -0.25) is 9.91 Å². The Balaban J connectivity index is 1.49. The minimum absolute atomic E-state index is 0.253. The number of hydrogen-bond donors (Lipinski definition) is 1. The maximum Gasteiger partial charge on any atom is 0.335 e. The zero-order valence-electron chi connectivity index (χ0n) is 14.3. The fraction of sp³-hybridized carbons (Fsp3) is 0.316. The van der Waals surface area contributed by atoms with Gasteiger partial charge in [-0.2, -0.15) is 0 Å². The van der Waals surface area contributed by atoms with Crippen molar-refractivity contribution < 1.29 is 9.90 Å². The van der Waals surface area contributed by atoms with Crippen LogP contribution in [0.25, 0.3) is 0 Å². The second kappa shape index (κ2) is 7.90. The number of piperazine rings is 1. The van der Waals surface area contributed by atoms with Gasteiger partial charge in [0.15, 0.2) is 0 Å². The molecule has 1 aliphatic heterocycles. The molecule has 0 spiro atoms. The highest BCUT2D eigenvalue weighted by Gasteiger charge is 2.15. The second-order valence-corrected chi connectivity index (χ2v) is 6.26. The first-order chi connectivity index (χ1) is 12.1. The van der Waals surface area contributed by atoms with Gasteiger partial charge in [0.05, 0.1) is 24.3 Å². The maximum absolute atomic E-state index is 10.8. The zero-order valence-corrected chi connectivity index (χ0v) is 14.3. The van der Waals surface area contributed by atoms with Crippen LogP contribution in [0, 0.1) is 6.92 Å². The van der Waals surface area contributed by atoms with E-state index in [1.807, 2.05) is 5.01 Å². The van der Waals surface area contributed by atoms with Crippen LogP contribution < -0.4 is 0 Å². The van der Waals surface area contributed by atoms with Gasteiger partial charge in [0.1, 0.15) is 0 Å². The molecule has 1 heterocycles. The van der Waals surface area contributed by atoms with Crippen molar-refractivity contribution in [2.24, 2.45) is 10.3 Å². The van der Waals surface area contributed by atoms with Crippen molar-refractivity contribution in [1.82, 2.24) is 9.91 Å². The van der Waals surface area contributed by atoms with Gasteiger partial charge >= 0.3 is 5.97 Å². The number of nitrogens with zero attached hydrogens (tertiary/aromatic N) is 4. The first-order valence-corrected chi connectivity index (χ1v) is 8.38. The SMILES string of the molecule is Cc1cccc(CN2CCN(N=Nc3ccc(C(=O)O)cc3)CC2)c1. The molecule has 0 atom stereocenters. The topological polar surface area (TPSA) is 68.5 Å². The number of benzene rings is 2. The van der Waals surface area contributed by atoms with E-state index in [1.54, 1.807) is 12.1 Å². The molecule has 2 aromatic carbocycles. The van der Waals surface area contributed by atoms with Crippen molar-refractivity contribution in [1.29, 1.82) is 0 Å². The molecule has 6 heteroatoms. The lowest BCUT2D eigenvalue weighted by Gasteiger charge is -2.32. The summed E-state index contributed by atoms with van der Waals surface area (Å²) in [4.78, 5) is 13.2. The number of rotatable bonds is 5. The molecule has 1 saturated heterocycles. The van der Waals surface area contributed by atoms with Gasteiger partial charge in [-0.15, -0.1) is 5.11 Å². The Morgan fingerprint density at radius 3 is 2.44 bits per heavy atom. The molecule has 0 aromatic heterocycles. The lowest BCUT2D eigenvalue weighted by atomic mass is 10.1. The number of hydrogen-bond acceptors (Lipinski definition) is 4. The summed E-state index contributed by atoms with van der Waals surface area (Å²) in [6, 6.07) is 15.0. The monoisotopic (exact) mass is 338 g/mol. The standard InChI is InChI=1S/C19H22N4O2/c1-15-3-2-4-16(13-15)14-22-9-11-23(12-10-22)21-20-18-7-5-17(6-8-18)19(24)25/h2-8,13H,9-12,14H2,1H3,(H,24,25). The van der Waals surface area contributed by atoms with Crippen molar-refractivity contribution in [3.63, 3.8) is 0 Å². The van der Waals surface area contributed by atoms with E-state index in [1.165, 1.54) is 23.3 Å². The van der Waals surface area contributed by atoms with Crippen LogP contribution in [0.1, 0.15) is 21.5 Å². The Hall–Kier alpha value is -2.73. The molecule has 130 valence electrons. The van der Waals surface area contributed by atoms with Crippen LogP contribution >= 0.6 is 0 Å². The van der Waals surface area contributed by atoms with Crippen molar-refractivity contribution in [3.05, 3.63) is 65.2 Å². The van der Waals surface area contributed by atoms with E-state index in [0.29, 0.717) is 5.69 Å². The quantitative estimate of drug-likeness (QED) is 0.847. The van der Waals surface area contributed by atoms with Crippen LogP contribution in [0.15, 0.2) is 58.9 Å². The molecule has 0 unspecified atom stereocenters. The number of aryl methyl sites for hydroxylation is 1. The number of aromatic carboxylic acids is 1. The lowest BCUT2D eigenvalue weighted by Crippen LogP contribution is -2.43. The molecular formula is C19H22N4O2. The highest BCUT2D eigenvalue weighted by Crippen LogP contribution is 2.15. The van der Waals surface area contributed by atoms with E-state index in [2.05, 4.69) is 46.4 Å². The largest absolute Gasteiger partial charge is 0.478 e. The first kappa shape index (κ1) is 17.1. The van der Waals surface area contributed by atoms with Crippen LogP contribution in [0.5, 0.6) is 0 Å². The minimum atomic E-state index is -0.937. The smallest absolute Gasteiger partial charge is 0.335 e. The molecule has 0 radical (unpaired) electrons. The Labute approximate surface area is 147 Å². The van der Waals surface area contributed by atoms with Crippen LogP contribution in [0.2, 0.25) is 0 Å². The third-order valence-electron chi connectivity index (χ3n) is 4.24. The minimum Gasteiger partial charge on any atom is -0.478 e. The molecule has 2 aromatic rings. The van der Waals surface area contributed by atoms with E-state index < -0.39 is 5.97 Å². The van der Waals surface area contributed by atoms with Gasteiger partial charge in [-0.25, -0.2) is 4.79 Å². The van der Waals surface area contributed by atoms with E-state index in [4.69, 9.17) is 5.11 Å². The van der Waals surface area contributed by atoms with Gasteiger partial charge in [0.2, 0.25) is 0 Å². The third-order valence-corrected chi connectivity index (χ3v) is 4.24. The van der Waals surface area contributed by atoms with Gasteiger partial charge in [-0.05, 0) is 36.8 Å². The van der Waals surface area contributed by atoms with E-state index in [0.717, 1.165) is 32.7 Å². The van der Waals surface area contributed by atoms with Gasteiger partial charge in [-0.1, -0.05) is 35.1 Å². The summed E-state index contributed by atoms with van der Waals surface area (Å²) in [6.45, 7) is 6.65. The van der Waals surface area contributed by atoms with Crippen LogP contribution in [0.3, 0.4) is 0 Å². The molecule has 0 saturated carbocycles. The zero-order chi connectivity index (χ0) is 17.6. The second-order valence-electron chi connectivity index (χ2n) is 6.26. The summed E-state index contributed by atoms with van der Waals surface area (Å²) in [5.41, 5.74) is 3.54. The van der Waals surface area contributed by atoms with Crippen LogP contribution in [0.4, 0.5) is 5.69 Å². The summed E-state index contributed by atoms with van der Waals surface area (Å²) in [7, 11) is 0. The Morgan fingerprint density at radius 2 is 1.80 bits per heavy atom. The van der Waals surface area contributed by atoms with E-state index >= 15 is 0 Å². The Morgan fingerprint density at radius 1 is 1.08 bits per heavy atom. The summed E-state index contributed by atoms with van der Waals surface area (Å²) in [5.74, 6) is -0.937. The summed E-state index contributed by atoms with van der Waals surface area (Å²) < 4.78 is 0. The molecule has 25 heavy (non-hydrogen) atoms. The van der Waals surface area contributed by atoms with Gasteiger partial charge in [0.25, 0.3) is 0 Å². The number of carboxylic acids is 1. The Kier molecular flexibility index (Phi) is 5.40. The first-order valence-electron chi connectivity index (χ1n) is 8.38. The molecule has 1 N–H and O–H groups in total. The average Bonchev–Trinajstić information content (AvgIpc) is 2.61. The van der Waals surface area contributed by atoms with Crippen molar-refractivity contribution in [2.45, 2.75) is 13.5 Å². The van der Waals surface area contributed by atoms with Crippen molar-refractivity contribution >= 4 is 11.7 Å². The van der Waals surface area contributed by atoms with E-state index in [-0.39, 0.29) is 5.56 Å². The molecule has 1 fully saturated rings. The molecule has 0 aliphatic carbocycles. The fourth-order valence-corrected chi connectivity index (χ4v) is 2.84. The third kappa shape index (κ3) is 4.87. The number of carboxylic acid groups (broad SMARTS) is 1. The predicted molar refractivity (Wildman–Crippen MR) is 95.9 cm³/mol. The van der Waals surface area contributed by atoms with Crippen molar-refractivity contribution in [2.75, 3.05) is 26.2 Å². The van der Waals surface area contributed by atoms with E-state index in [9.17, 15) is 4.79 Å². The molecule has 6 nitrogen and oxygen atoms in total. The van der Waals surface area contributed by atoms with Crippen LogP contribution in [-0.2, 0) is 6.54 Å². The molecule has 1 aliphatic rings. The Bertz CT molecular complexity index is 750. The van der Waals surface area contributed by atoms with Crippen LogP contribution in [-0.4, -0.2) is 47.2 Å². The summed E-state index contributed by atoms with van der Waals surface area (Å²) in [6.07, 6.45) is 0. The molecule has 3 rings (SSSR count).